The maximum absolute atomic E-state index is 12.9. The first-order chi connectivity index (χ1) is 15.4. The Morgan fingerprint density at radius 1 is 1.38 bits per heavy atom. The number of aryl methyl sites for hydroxylation is 2. The van der Waals surface area contributed by atoms with Crippen molar-refractivity contribution in [1.29, 1.82) is 0 Å². The van der Waals surface area contributed by atoms with Crippen LogP contribution in [0, 0.1) is 12.8 Å². The molecular weight excluding hydrogens is 406 g/mol. The van der Waals surface area contributed by atoms with Crippen LogP contribution in [0.2, 0.25) is 0 Å². The number of ether oxygens (including phenoxy) is 1. The maximum atomic E-state index is 12.9. The standard InChI is InChI=1S/C24H37N5O3/c1-18-7-5-8-21(11-18)14-27(4)15-23-19(2)13-28(20(3)16-30)24(31)9-6-10-29-22(17-32-23)12-25-26-29/h5,7-8,11-12,19-20,23,30H,6,9-10,13-17H2,1-4H3/t19-,20+,23-/m1/s1. The molecule has 8 heteroatoms. The van der Waals surface area contributed by atoms with Crippen LogP contribution in [-0.2, 0) is 29.2 Å². The van der Waals surface area contributed by atoms with Crippen molar-refractivity contribution in [2.24, 2.45) is 5.92 Å². The number of benzene rings is 1. The molecule has 2 heterocycles. The lowest BCUT2D eigenvalue weighted by molar-refractivity contribution is -0.136. The Balaban J connectivity index is 1.77. The first kappa shape index (κ1) is 24.4. The molecule has 3 rings (SSSR count). The average molecular weight is 444 g/mol. The molecule has 0 saturated carbocycles. The number of aromatic nitrogens is 3. The Bertz CT molecular complexity index is 871. The van der Waals surface area contributed by atoms with E-state index in [1.165, 1.54) is 11.1 Å². The summed E-state index contributed by atoms with van der Waals surface area (Å²) in [7, 11) is 2.10. The zero-order valence-corrected chi connectivity index (χ0v) is 19.8. The second-order valence-electron chi connectivity index (χ2n) is 9.14. The van der Waals surface area contributed by atoms with Crippen LogP contribution in [0.3, 0.4) is 0 Å². The Morgan fingerprint density at radius 3 is 2.94 bits per heavy atom. The number of carbonyl (C=O) groups excluding carboxylic acids is 1. The molecule has 0 unspecified atom stereocenters. The summed E-state index contributed by atoms with van der Waals surface area (Å²) < 4.78 is 8.22. The lowest BCUT2D eigenvalue weighted by Gasteiger charge is -2.35. The van der Waals surface area contributed by atoms with Crippen molar-refractivity contribution >= 4 is 5.91 Å². The lowest BCUT2D eigenvalue weighted by Crippen LogP contribution is -2.47. The van der Waals surface area contributed by atoms with Crippen LogP contribution in [0.25, 0.3) is 0 Å². The molecule has 1 aromatic carbocycles. The van der Waals surface area contributed by atoms with Gasteiger partial charge in [0.05, 0.1) is 37.3 Å². The number of amides is 1. The van der Waals surface area contributed by atoms with Gasteiger partial charge in [-0.1, -0.05) is 42.0 Å². The van der Waals surface area contributed by atoms with E-state index in [0.717, 1.165) is 18.8 Å². The van der Waals surface area contributed by atoms with Crippen LogP contribution >= 0.6 is 0 Å². The van der Waals surface area contributed by atoms with Crippen LogP contribution in [0.1, 0.15) is 43.5 Å². The average Bonchev–Trinajstić information content (AvgIpc) is 3.20. The molecule has 1 aliphatic heterocycles. The van der Waals surface area contributed by atoms with E-state index in [-0.39, 0.29) is 30.6 Å². The molecule has 32 heavy (non-hydrogen) atoms. The van der Waals surface area contributed by atoms with E-state index in [1.54, 1.807) is 6.20 Å². The number of carbonyl (C=O) groups is 1. The minimum Gasteiger partial charge on any atom is -0.394 e. The molecule has 0 bridgehead atoms. The summed E-state index contributed by atoms with van der Waals surface area (Å²) in [6.07, 6.45) is 2.76. The van der Waals surface area contributed by atoms with Crippen LogP contribution in [-0.4, -0.2) is 74.7 Å². The van der Waals surface area contributed by atoms with Crippen molar-refractivity contribution in [2.45, 2.75) is 65.5 Å². The van der Waals surface area contributed by atoms with Crippen LogP contribution < -0.4 is 0 Å². The number of aliphatic hydroxyl groups excluding tert-OH is 1. The summed E-state index contributed by atoms with van der Waals surface area (Å²) in [6.45, 7) is 9.24. The molecular formula is C24H37N5O3. The third-order valence-corrected chi connectivity index (χ3v) is 6.17. The Hall–Kier alpha value is -2.29. The van der Waals surface area contributed by atoms with Crippen LogP contribution in [0.5, 0.6) is 0 Å². The summed E-state index contributed by atoms with van der Waals surface area (Å²) in [5.74, 6) is 0.157. The van der Waals surface area contributed by atoms with Gasteiger partial charge in [-0.25, -0.2) is 4.68 Å². The van der Waals surface area contributed by atoms with Crippen molar-refractivity contribution in [1.82, 2.24) is 24.8 Å². The Morgan fingerprint density at radius 2 is 2.19 bits per heavy atom. The molecule has 8 nitrogen and oxygen atoms in total. The number of hydrogen-bond donors (Lipinski definition) is 1. The van der Waals surface area contributed by atoms with Gasteiger partial charge in [0, 0.05) is 38.5 Å². The highest BCUT2D eigenvalue weighted by molar-refractivity contribution is 5.76. The summed E-state index contributed by atoms with van der Waals surface area (Å²) in [5, 5.41) is 17.9. The monoisotopic (exact) mass is 443 g/mol. The molecule has 1 amide bonds. The number of fused-ring (bicyclic) bond motifs is 1. The van der Waals surface area contributed by atoms with Crippen molar-refractivity contribution < 1.29 is 14.6 Å². The smallest absolute Gasteiger partial charge is 0.222 e. The normalized spacial score (nSPS) is 21.7. The van der Waals surface area contributed by atoms with Gasteiger partial charge in [-0.2, -0.15) is 0 Å². The Kier molecular flexibility index (Phi) is 8.78. The molecule has 176 valence electrons. The van der Waals surface area contributed by atoms with E-state index in [2.05, 4.69) is 60.4 Å². The molecule has 1 aliphatic rings. The SMILES string of the molecule is Cc1cccc(CN(C)C[C@H]2OCc3cnnn3CCCC(=O)N([C@@H](C)CO)C[C@H]2C)c1. The van der Waals surface area contributed by atoms with Crippen molar-refractivity contribution in [3.63, 3.8) is 0 Å². The van der Waals surface area contributed by atoms with Gasteiger partial charge in [0.25, 0.3) is 0 Å². The Labute approximate surface area is 191 Å². The zero-order valence-electron chi connectivity index (χ0n) is 19.8. The fraction of sp³-hybridized carbons (Fsp3) is 0.625. The van der Waals surface area contributed by atoms with E-state index in [0.29, 0.717) is 32.5 Å². The van der Waals surface area contributed by atoms with Gasteiger partial charge in [0.15, 0.2) is 0 Å². The summed E-state index contributed by atoms with van der Waals surface area (Å²) in [6, 6.07) is 8.31. The third kappa shape index (κ3) is 6.60. The molecule has 2 aromatic rings. The summed E-state index contributed by atoms with van der Waals surface area (Å²) in [4.78, 5) is 17.0. The molecule has 0 aliphatic carbocycles. The predicted octanol–water partition coefficient (Wildman–Crippen LogP) is 2.24. The lowest BCUT2D eigenvalue weighted by atomic mass is 10.0. The third-order valence-electron chi connectivity index (χ3n) is 6.17. The number of hydrogen-bond acceptors (Lipinski definition) is 6. The van der Waals surface area contributed by atoms with Crippen molar-refractivity contribution in [3.8, 4) is 0 Å². The first-order valence-corrected chi connectivity index (χ1v) is 11.5. The van der Waals surface area contributed by atoms with Gasteiger partial charge in [0.1, 0.15) is 0 Å². The first-order valence-electron chi connectivity index (χ1n) is 11.5. The van der Waals surface area contributed by atoms with Gasteiger partial charge in [-0.3, -0.25) is 9.69 Å². The quantitative estimate of drug-likeness (QED) is 0.737. The zero-order chi connectivity index (χ0) is 23.1. The van der Waals surface area contributed by atoms with Gasteiger partial charge < -0.3 is 14.7 Å². The highest BCUT2D eigenvalue weighted by Gasteiger charge is 2.28. The molecule has 0 fully saturated rings. The minimum absolute atomic E-state index is 0.0511. The van der Waals surface area contributed by atoms with E-state index in [4.69, 9.17) is 4.74 Å². The highest BCUT2D eigenvalue weighted by Crippen LogP contribution is 2.19. The molecule has 0 saturated heterocycles. The van der Waals surface area contributed by atoms with Gasteiger partial charge in [0.2, 0.25) is 5.91 Å². The molecule has 0 spiro atoms. The predicted molar refractivity (Wildman–Crippen MR) is 123 cm³/mol. The fourth-order valence-corrected chi connectivity index (χ4v) is 4.24. The number of likely N-dealkylation sites (N-methyl/N-ethyl adjacent to an activating group) is 1. The van der Waals surface area contributed by atoms with Gasteiger partial charge in [-0.05, 0) is 32.9 Å². The number of rotatable bonds is 6. The van der Waals surface area contributed by atoms with E-state index < -0.39 is 0 Å². The summed E-state index contributed by atoms with van der Waals surface area (Å²) >= 11 is 0. The van der Waals surface area contributed by atoms with Crippen LogP contribution in [0.15, 0.2) is 30.5 Å². The number of aliphatic hydroxyl groups is 1. The highest BCUT2D eigenvalue weighted by atomic mass is 16.5. The second kappa shape index (κ2) is 11.5. The molecule has 1 N–H and O–H groups in total. The topological polar surface area (TPSA) is 83.7 Å². The maximum Gasteiger partial charge on any atom is 0.222 e. The van der Waals surface area contributed by atoms with Crippen LogP contribution in [0.4, 0.5) is 0 Å². The molecule has 1 aromatic heterocycles. The van der Waals surface area contributed by atoms with Gasteiger partial charge >= 0.3 is 0 Å². The fourth-order valence-electron chi connectivity index (χ4n) is 4.24. The summed E-state index contributed by atoms with van der Waals surface area (Å²) in [5.41, 5.74) is 3.44. The van der Waals surface area contributed by atoms with E-state index in [1.807, 2.05) is 16.5 Å². The van der Waals surface area contributed by atoms with Crippen molar-refractivity contribution in [3.05, 3.63) is 47.3 Å². The second-order valence-corrected chi connectivity index (χ2v) is 9.14. The van der Waals surface area contributed by atoms with E-state index >= 15 is 0 Å². The molecule has 0 radical (unpaired) electrons. The number of nitrogens with zero attached hydrogens (tertiary/aromatic N) is 5. The largest absolute Gasteiger partial charge is 0.394 e. The molecule has 3 atom stereocenters. The van der Waals surface area contributed by atoms with Gasteiger partial charge in [-0.15, -0.1) is 5.10 Å². The van der Waals surface area contributed by atoms with Crippen molar-refractivity contribution in [2.75, 3.05) is 26.7 Å². The minimum atomic E-state index is -0.222. The van der Waals surface area contributed by atoms with E-state index in [9.17, 15) is 9.90 Å².